The highest BCUT2D eigenvalue weighted by atomic mass is 127. The van der Waals surface area contributed by atoms with Crippen molar-refractivity contribution < 1.29 is 47.3 Å². The number of aryl methyl sites for hydroxylation is 2. The van der Waals surface area contributed by atoms with Crippen LogP contribution in [0, 0.1) is 19.7 Å². The van der Waals surface area contributed by atoms with Crippen molar-refractivity contribution in [2.45, 2.75) is 32.9 Å². The van der Waals surface area contributed by atoms with Crippen LogP contribution in [0.25, 0.3) is 11.0 Å². The van der Waals surface area contributed by atoms with E-state index in [0.717, 1.165) is 27.1 Å². The molecule has 7 nitrogen and oxygen atoms in total. The summed E-state index contributed by atoms with van der Waals surface area (Å²) in [7, 11) is 0. The Balaban J connectivity index is 0.00000256. The van der Waals surface area contributed by atoms with E-state index in [1.807, 2.05) is 26.0 Å². The van der Waals surface area contributed by atoms with E-state index in [-0.39, 0.29) is 42.8 Å². The average Bonchev–Trinajstić information content (AvgIpc) is 3.13. The Morgan fingerprint density at radius 1 is 1.17 bits per heavy atom. The molecule has 1 aromatic heterocycles. The molecule has 30 heavy (non-hydrogen) atoms. The number of imide groups is 1. The number of carbonyl (C=O) groups is 3. The number of benzene rings is 2. The summed E-state index contributed by atoms with van der Waals surface area (Å²) >= 11 is 0. The lowest BCUT2D eigenvalue weighted by Gasteiger charge is -2.14. The van der Waals surface area contributed by atoms with Gasteiger partial charge in [-0.25, -0.2) is 18.4 Å². The van der Waals surface area contributed by atoms with Crippen LogP contribution in [0.1, 0.15) is 23.6 Å². The monoisotopic (exact) mass is 522 g/mol. The van der Waals surface area contributed by atoms with Crippen LogP contribution in [0.5, 0.6) is 0 Å². The predicted molar refractivity (Wildman–Crippen MR) is 103 cm³/mol. The van der Waals surface area contributed by atoms with E-state index in [1.54, 1.807) is 15.5 Å². The van der Waals surface area contributed by atoms with E-state index < -0.39 is 23.7 Å². The van der Waals surface area contributed by atoms with Gasteiger partial charge in [0, 0.05) is 0 Å². The van der Waals surface area contributed by atoms with Crippen LogP contribution in [-0.2, 0) is 20.9 Å². The highest BCUT2D eigenvalue weighted by Gasteiger charge is 2.44. The fourth-order valence-corrected chi connectivity index (χ4v) is 3.73. The summed E-state index contributed by atoms with van der Waals surface area (Å²) in [5.41, 5.74) is 9.26. The Hall–Kier alpha value is -2.82. The van der Waals surface area contributed by atoms with E-state index in [2.05, 4.69) is 0 Å². The van der Waals surface area contributed by atoms with Gasteiger partial charge in [0.15, 0.2) is 23.6 Å². The smallest absolute Gasteiger partial charge is 0.279 e. The number of hydrogen-bond acceptors (Lipinski definition) is 3. The molecule has 1 saturated heterocycles. The number of anilines is 1. The number of halogens is 2. The van der Waals surface area contributed by atoms with Crippen LogP contribution in [0.3, 0.4) is 0 Å². The molecule has 0 radical (unpaired) electrons. The molecule has 1 fully saturated rings. The normalized spacial score (nSPS) is 16.2. The number of nitrogens with zero attached hydrogens (tertiary/aromatic N) is 3. The maximum Gasteiger partial charge on any atom is 0.279 e. The second-order valence-corrected chi connectivity index (χ2v) is 7.31. The van der Waals surface area contributed by atoms with Gasteiger partial charge in [-0.2, -0.15) is 0 Å². The molecule has 1 unspecified atom stereocenters. The third kappa shape index (κ3) is 3.69. The lowest BCUT2D eigenvalue weighted by molar-refractivity contribution is -0.659. The molecule has 9 heteroatoms. The van der Waals surface area contributed by atoms with Gasteiger partial charge in [-0.1, -0.05) is 0 Å². The molecule has 1 aliphatic rings. The molecule has 2 heterocycles. The minimum Gasteiger partial charge on any atom is -1.00 e. The van der Waals surface area contributed by atoms with Gasteiger partial charge in [-0.3, -0.25) is 14.4 Å². The molecule has 3 aromatic rings. The quantitative estimate of drug-likeness (QED) is 0.262. The van der Waals surface area contributed by atoms with Crippen LogP contribution >= 0.6 is 0 Å². The summed E-state index contributed by atoms with van der Waals surface area (Å²) in [4.78, 5) is 38.3. The van der Waals surface area contributed by atoms with Crippen LogP contribution in [0.15, 0.2) is 42.7 Å². The van der Waals surface area contributed by atoms with Crippen molar-refractivity contribution in [3.8, 4) is 0 Å². The molecule has 3 amide bonds. The highest BCUT2D eigenvalue weighted by Crippen LogP contribution is 2.32. The van der Waals surface area contributed by atoms with Crippen molar-refractivity contribution in [3.63, 3.8) is 0 Å². The zero-order chi connectivity index (χ0) is 20.9. The first-order chi connectivity index (χ1) is 13.8. The summed E-state index contributed by atoms with van der Waals surface area (Å²) in [6.45, 7) is 3.88. The molecular formula is C21H20FIN4O3. The number of imidazole rings is 1. The maximum atomic E-state index is 13.2. The molecule has 2 N–H and O–H groups in total. The molecule has 4 rings (SSSR count). The van der Waals surface area contributed by atoms with E-state index in [1.165, 1.54) is 24.3 Å². The first kappa shape index (κ1) is 21.9. The molecule has 2 aromatic carbocycles. The van der Waals surface area contributed by atoms with E-state index in [4.69, 9.17) is 5.73 Å². The third-order valence-electron chi connectivity index (χ3n) is 5.31. The van der Waals surface area contributed by atoms with Gasteiger partial charge in [0.1, 0.15) is 5.82 Å². The van der Waals surface area contributed by atoms with Gasteiger partial charge in [0.05, 0.1) is 12.1 Å². The van der Waals surface area contributed by atoms with E-state index in [0.29, 0.717) is 5.69 Å². The number of aromatic nitrogens is 2. The molecule has 0 bridgehead atoms. The molecule has 0 aliphatic carbocycles. The SMILES string of the molecule is Cc1cc2c(cc1C)[n+](CC(N)=O)cn2C1CC(=O)N(c2ccc(F)cc2)C1=O.[I-]. The third-order valence-corrected chi connectivity index (χ3v) is 5.31. The van der Waals surface area contributed by atoms with Gasteiger partial charge in [0.25, 0.3) is 11.8 Å². The van der Waals surface area contributed by atoms with Gasteiger partial charge in [0.2, 0.25) is 12.2 Å². The number of carbonyl (C=O) groups excluding carboxylic acids is 3. The Kier molecular flexibility index (Phi) is 5.93. The zero-order valence-electron chi connectivity index (χ0n) is 16.4. The standard InChI is InChI=1S/C21H19FN4O3.HI/c1-12-7-16-17(8-13(12)2)25(11-24(16)10-19(23)27)18-9-20(28)26(21(18)29)15-5-3-14(22)4-6-15;/h3-8,11,18H,9-10H2,1-2H3,(H-,23,27);1H. The Labute approximate surface area is 189 Å². The van der Waals surface area contributed by atoms with Gasteiger partial charge >= 0.3 is 0 Å². The summed E-state index contributed by atoms with van der Waals surface area (Å²) < 4.78 is 16.6. The fraction of sp³-hybridized carbons (Fsp3) is 0.238. The zero-order valence-corrected chi connectivity index (χ0v) is 18.6. The van der Waals surface area contributed by atoms with Crippen LogP contribution in [0.4, 0.5) is 10.1 Å². The molecule has 1 aliphatic heterocycles. The Morgan fingerprint density at radius 2 is 1.80 bits per heavy atom. The van der Waals surface area contributed by atoms with Crippen molar-refractivity contribution in [1.82, 2.24) is 4.57 Å². The number of amides is 3. The number of nitrogens with two attached hydrogens (primary N) is 1. The van der Waals surface area contributed by atoms with Crippen LogP contribution < -0.4 is 39.2 Å². The fourth-order valence-electron chi connectivity index (χ4n) is 3.73. The van der Waals surface area contributed by atoms with Crippen molar-refractivity contribution in [2.75, 3.05) is 4.90 Å². The summed E-state index contributed by atoms with van der Waals surface area (Å²) in [5, 5.41) is 0. The number of rotatable bonds is 4. The van der Waals surface area contributed by atoms with Gasteiger partial charge in [-0.05, 0) is 61.4 Å². The predicted octanol–water partition coefficient (Wildman–Crippen LogP) is -1.32. The molecule has 0 saturated carbocycles. The van der Waals surface area contributed by atoms with Gasteiger partial charge in [-0.15, -0.1) is 0 Å². The van der Waals surface area contributed by atoms with Crippen LogP contribution in [0.2, 0.25) is 0 Å². The maximum absolute atomic E-state index is 13.2. The van der Waals surface area contributed by atoms with Crippen molar-refractivity contribution in [2.24, 2.45) is 5.73 Å². The first-order valence-corrected chi connectivity index (χ1v) is 9.18. The molecule has 1 atom stereocenters. The van der Waals surface area contributed by atoms with E-state index >= 15 is 0 Å². The Bertz CT molecular complexity index is 1170. The van der Waals surface area contributed by atoms with Crippen molar-refractivity contribution in [3.05, 3.63) is 59.7 Å². The molecule has 156 valence electrons. The number of primary amides is 1. The minimum absolute atomic E-state index is 0. The van der Waals surface area contributed by atoms with Crippen LogP contribution in [-0.4, -0.2) is 22.3 Å². The van der Waals surface area contributed by atoms with E-state index in [9.17, 15) is 18.8 Å². The molecular weight excluding hydrogens is 502 g/mol. The van der Waals surface area contributed by atoms with Gasteiger partial charge < -0.3 is 29.7 Å². The summed E-state index contributed by atoms with van der Waals surface area (Å²) in [6.07, 6.45) is 1.63. The average molecular weight is 522 g/mol. The number of hydrogen-bond donors (Lipinski definition) is 1. The Morgan fingerprint density at radius 3 is 2.43 bits per heavy atom. The molecule has 0 spiro atoms. The lowest BCUT2D eigenvalue weighted by atomic mass is 10.1. The topological polar surface area (TPSA) is 89.3 Å². The van der Waals surface area contributed by atoms with Crippen molar-refractivity contribution >= 4 is 34.4 Å². The van der Waals surface area contributed by atoms with Crippen molar-refractivity contribution in [1.29, 1.82) is 0 Å². The summed E-state index contributed by atoms with van der Waals surface area (Å²) in [5.74, 6) is -1.71. The minimum atomic E-state index is -0.758. The second kappa shape index (κ2) is 8.13. The first-order valence-electron chi connectivity index (χ1n) is 9.18. The number of fused-ring (bicyclic) bond motifs is 1. The highest BCUT2D eigenvalue weighted by molar-refractivity contribution is 6.21. The lowest BCUT2D eigenvalue weighted by Crippen LogP contribution is -3.00. The summed E-state index contributed by atoms with van der Waals surface area (Å²) in [6, 6.07) is 8.34. The largest absolute Gasteiger partial charge is 1.00 e. The second-order valence-electron chi connectivity index (χ2n) is 7.31.